The van der Waals surface area contributed by atoms with Crippen LogP contribution in [0.15, 0.2) is 182 Å². The molecule has 1 nitrogen and oxygen atoms in total. The van der Waals surface area contributed by atoms with Crippen molar-refractivity contribution in [3.63, 3.8) is 0 Å². The highest BCUT2D eigenvalue weighted by Crippen LogP contribution is 2.63. The summed E-state index contributed by atoms with van der Waals surface area (Å²) in [6.07, 6.45) is 0. The molecule has 2 aliphatic rings. The van der Waals surface area contributed by atoms with Crippen LogP contribution < -0.4 is 4.90 Å². The maximum atomic E-state index is 14.4. The number of fused-ring (bicyclic) bond motifs is 16. The van der Waals surface area contributed by atoms with Gasteiger partial charge in [-0.05, 0) is 125 Å². The third-order valence-electron chi connectivity index (χ3n) is 11.3. The van der Waals surface area contributed by atoms with E-state index in [2.05, 4.69) is 163 Å². The second-order valence-corrected chi connectivity index (χ2v) is 13.7. The molecule has 0 radical (unpaired) electrons. The van der Waals surface area contributed by atoms with Crippen molar-refractivity contribution in [2.75, 3.05) is 4.90 Å². The maximum absolute atomic E-state index is 14.4. The van der Waals surface area contributed by atoms with Crippen LogP contribution in [0.1, 0.15) is 22.3 Å². The van der Waals surface area contributed by atoms with Gasteiger partial charge in [0.1, 0.15) is 5.82 Å². The second kappa shape index (κ2) is 10.5. The minimum Gasteiger partial charge on any atom is -0.310 e. The summed E-state index contributed by atoms with van der Waals surface area (Å²) in [5.41, 5.74) is 12.9. The summed E-state index contributed by atoms with van der Waals surface area (Å²) in [5.74, 6) is -0.252. The first kappa shape index (κ1) is 28.3. The van der Waals surface area contributed by atoms with Crippen LogP contribution >= 0.6 is 0 Å². The standard InChI is InChI=1S/C49H30FN/c50-31-21-23-32(24-22-31)51(33-25-27-39-37-13-2-1-11-35(37)36-12-3-4-14-38(36)43(39)29-33)34-26-28-48-44(30-34)42-17-7-10-20-47(42)49(48)45-18-8-5-15-40(45)41-16-6-9-19-46(41)49/h1-30H. The summed E-state index contributed by atoms with van der Waals surface area (Å²) in [6, 6.07) is 64.6. The zero-order valence-electron chi connectivity index (χ0n) is 27.6. The molecule has 0 saturated carbocycles. The average Bonchev–Trinajstić information content (AvgIpc) is 3.66. The van der Waals surface area contributed by atoms with Crippen molar-refractivity contribution >= 4 is 49.4 Å². The SMILES string of the molecule is Fc1ccc(N(c2ccc3c(c2)-c2ccccc2C32c3ccccc3-c3ccccc32)c2ccc3c4ccccc4c4ccccc4c3c2)cc1. The highest BCUT2D eigenvalue weighted by atomic mass is 19.1. The minimum atomic E-state index is -0.402. The Morgan fingerprint density at radius 3 is 1.27 bits per heavy atom. The summed E-state index contributed by atoms with van der Waals surface area (Å²) in [4.78, 5) is 2.27. The summed E-state index contributed by atoms with van der Waals surface area (Å²) >= 11 is 0. The molecule has 51 heavy (non-hydrogen) atoms. The van der Waals surface area contributed by atoms with Gasteiger partial charge in [-0.3, -0.25) is 0 Å². The summed E-state index contributed by atoms with van der Waals surface area (Å²) < 4.78 is 14.4. The molecule has 9 aromatic rings. The molecule has 1 spiro atoms. The number of anilines is 3. The number of halogens is 1. The van der Waals surface area contributed by atoms with E-state index in [9.17, 15) is 4.39 Å². The van der Waals surface area contributed by atoms with E-state index >= 15 is 0 Å². The van der Waals surface area contributed by atoms with Gasteiger partial charge in [0.05, 0.1) is 5.41 Å². The predicted octanol–water partition coefficient (Wildman–Crippen LogP) is 13.1. The molecule has 0 bridgehead atoms. The number of rotatable bonds is 3. The zero-order chi connectivity index (χ0) is 33.7. The molecule has 0 atom stereocenters. The molecule has 0 aromatic heterocycles. The van der Waals surface area contributed by atoms with Crippen LogP contribution in [-0.4, -0.2) is 0 Å². The van der Waals surface area contributed by atoms with Crippen molar-refractivity contribution < 1.29 is 4.39 Å². The Morgan fingerprint density at radius 2 is 0.706 bits per heavy atom. The molecule has 0 fully saturated rings. The van der Waals surface area contributed by atoms with Gasteiger partial charge < -0.3 is 4.90 Å². The molecule has 0 heterocycles. The van der Waals surface area contributed by atoms with Crippen molar-refractivity contribution in [1.82, 2.24) is 0 Å². The summed E-state index contributed by atoms with van der Waals surface area (Å²) in [5, 5.41) is 7.36. The van der Waals surface area contributed by atoms with Gasteiger partial charge in [-0.1, -0.05) is 133 Å². The van der Waals surface area contributed by atoms with Gasteiger partial charge in [0.2, 0.25) is 0 Å². The average molecular weight is 652 g/mol. The molecule has 238 valence electrons. The highest BCUT2D eigenvalue weighted by Gasteiger charge is 2.51. The van der Waals surface area contributed by atoms with E-state index in [0.717, 1.165) is 17.1 Å². The van der Waals surface area contributed by atoms with E-state index in [1.165, 1.54) is 76.8 Å². The van der Waals surface area contributed by atoms with Crippen LogP contribution in [0.5, 0.6) is 0 Å². The Kier molecular flexibility index (Phi) is 5.83. The Morgan fingerprint density at radius 1 is 0.314 bits per heavy atom. The number of nitrogens with zero attached hydrogens (tertiary/aromatic N) is 1. The fraction of sp³-hybridized carbons (Fsp3) is 0.0204. The molecule has 0 N–H and O–H groups in total. The van der Waals surface area contributed by atoms with Crippen LogP contribution in [0.25, 0.3) is 54.6 Å². The maximum Gasteiger partial charge on any atom is 0.123 e. The monoisotopic (exact) mass is 651 g/mol. The molecule has 11 rings (SSSR count). The normalized spacial score (nSPS) is 13.4. The smallest absolute Gasteiger partial charge is 0.123 e. The summed E-state index contributed by atoms with van der Waals surface area (Å²) in [6.45, 7) is 0. The first-order chi connectivity index (χ1) is 25.2. The van der Waals surface area contributed by atoms with E-state index in [4.69, 9.17) is 0 Å². The van der Waals surface area contributed by atoms with Crippen LogP contribution in [0.2, 0.25) is 0 Å². The number of benzene rings is 9. The lowest BCUT2D eigenvalue weighted by Crippen LogP contribution is -2.25. The van der Waals surface area contributed by atoms with Crippen LogP contribution in [0.3, 0.4) is 0 Å². The molecule has 2 heteroatoms. The van der Waals surface area contributed by atoms with E-state index in [1.54, 1.807) is 12.1 Å². The quantitative estimate of drug-likeness (QED) is 0.172. The van der Waals surface area contributed by atoms with Crippen LogP contribution in [0, 0.1) is 5.82 Å². The molecule has 0 unspecified atom stereocenters. The number of hydrogen-bond donors (Lipinski definition) is 0. The van der Waals surface area contributed by atoms with Crippen molar-refractivity contribution in [3.05, 3.63) is 210 Å². The fourth-order valence-electron chi connectivity index (χ4n) is 9.30. The lowest BCUT2D eigenvalue weighted by Gasteiger charge is -2.31. The Labute approximate surface area is 295 Å². The Bertz CT molecular complexity index is 2800. The molecule has 0 saturated heterocycles. The molecule has 9 aromatic carbocycles. The zero-order valence-corrected chi connectivity index (χ0v) is 27.6. The molecular weight excluding hydrogens is 622 g/mol. The molecule has 0 amide bonds. The third-order valence-corrected chi connectivity index (χ3v) is 11.3. The molecule has 2 aliphatic carbocycles. The van der Waals surface area contributed by atoms with E-state index in [0.29, 0.717) is 0 Å². The van der Waals surface area contributed by atoms with Gasteiger partial charge in [0.25, 0.3) is 0 Å². The predicted molar refractivity (Wildman–Crippen MR) is 210 cm³/mol. The Hall–Kier alpha value is -6.51. The van der Waals surface area contributed by atoms with Gasteiger partial charge in [0.15, 0.2) is 0 Å². The second-order valence-electron chi connectivity index (χ2n) is 13.7. The van der Waals surface area contributed by atoms with Crippen LogP contribution in [0.4, 0.5) is 21.5 Å². The van der Waals surface area contributed by atoms with Crippen molar-refractivity contribution in [3.8, 4) is 22.3 Å². The molecule has 0 aliphatic heterocycles. The Balaban J connectivity index is 1.18. The number of hydrogen-bond acceptors (Lipinski definition) is 1. The largest absolute Gasteiger partial charge is 0.310 e. The highest BCUT2D eigenvalue weighted by molar-refractivity contribution is 6.25. The third kappa shape index (κ3) is 3.79. The van der Waals surface area contributed by atoms with E-state index < -0.39 is 5.41 Å². The minimum absolute atomic E-state index is 0.252. The topological polar surface area (TPSA) is 3.24 Å². The first-order valence-electron chi connectivity index (χ1n) is 17.5. The first-order valence-corrected chi connectivity index (χ1v) is 17.5. The van der Waals surface area contributed by atoms with Gasteiger partial charge in [-0.15, -0.1) is 0 Å². The summed E-state index contributed by atoms with van der Waals surface area (Å²) in [7, 11) is 0. The van der Waals surface area contributed by atoms with E-state index in [1.807, 2.05) is 12.1 Å². The lowest BCUT2D eigenvalue weighted by molar-refractivity contribution is 0.628. The fourth-order valence-corrected chi connectivity index (χ4v) is 9.30. The van der Waals surface area contributed by atoms with Crippen molar-refractivity contribution in [1.29, 1.82) is 0 Å². The van der Waals surface area contributed by atoms with Gasteiger partial charge >= 0.3 is 0 Å². The van der Waals surface area contributed by atoms with Crippen LogP contribution in [-0.2, 0) is 5.41 Å². The van der Waals surface area contributed by atoms with Gasteiger partial charge in [-0.25, -0.2) is 4.39 Å². The van der Waals surface area contributed by atoms with Crippen molar-refractivity contribution in [2.45, 2.75) is 5.41 Å². The van der Waals surface area contributed by atoms with Gasteiger partial charge in [-0.2, -0.15) is 0 Å². The van der Waals surface area contributed by atoms with Crippen molar-refractivity contribution in [2.24, 2.45) is 0 Å². The molecular formula is C49H30FN. The van der Waals surface area contributed by atoms with E-state index in [-0.39, 0.29) is 5.82 Å². The lowest BCUT2D eigenvalue weighted by atomic mass is 9.70. The van der Waals surface area contributed by atoms with Gasteiger partial charge in [0, 0.05) is 17.1 Å².